The number of aryl methyl sites for hydroxylation is 2. The summed E-state index contributed by atoms with van der Waals surface area (Å²) in [6.45, 7) is 4.81. The number of hydrogen-bond donors (Lipinski definition) is 1. The number of likely N-dealkylation sites (N-methyl/N-ethyl adjacent to an activating group) is 1. The second kappa shape index (κ2) is 7.03. The van der Waals surface area contributed by atoms with Crippen LogP contribution >= 0.6 is 31.9 Å². The number of hydrogen-bond acceptors (Lipinski definition) is 2. The molecule has 2 aromatic rings. The van der Waals surface area contributed by atoms with Gasteiger partial charge in [-0.2, -0.15) is 5.10 Å². The summed E-state index contributed by atoms with van der Waals surface area (Å²) in [4.78, 5) is 0. The monoisotopic (exact) mass is 417 g/mol. The number of halogens is 3. The zero-order valence-corrected chi connectivity index (χ0v) is 15.4. The average molecular weight is 419 g/mol. The van der Waals surface area contributed by atoms with E-state index in [0.717, 1.165) is 26.9 Å². The number of rotatable bonds is 5. The Morgan fingerprint density at radius 1 is 1.38 bits per heavy atom. The maximum Gasteiger partial charge on any atom is 0.129 e. The van der Waals surface area contributed by atoms with E-state index >= 15 is 0 Å². The minimum absolute atomic E-state index is 0.127. The van der Waals surface area contributed by atoms with Crippen molar-refractivity contribution in [2.24, 2.45) is 0 Å². The molecule has 0 saturated heterocycles. The third-order valence-corrected chi connectivity index (χ3v) is 5.27. The van der Waals surface area contributed by atoms with Crippen LogP contribution in [0, 0.1) is 12.7 Å². The Morgan fingerprint density at radius 3 is 2.67 bits per heavy atom. The molecule has 3 nitrogen and oxygen atoms in total. The van der Waals surface area contributed by atoms with Gasteiger partial charge in [-0.25, -0.2) is 4.39 Å². The van der Waals surface area contributed by atoms with E-state index in [1.54, 1.807) is 6.07 Å². The lowest BCUT2D eigenvalue weighted by atomic mass is 10.0. The van der Waals surface area contributed by atoms with E-state index in [4.69, 9.17) is 0 Å². The van der Waals surface area contributed by atoms with Crippen LogP contribution in [0.3, 0.4) is 0 Å². The van der Waals surface area contributed by atoms with Crippen molar-refractivity contribution in [1.82, 2.24) is 15.1 Å². The molecule has 1 heterocycles. The quantitative estimate of drug-likeness (QED) is 0.780. The fourth-order valence-corrected chi connectivity index (χ4v) is 3.51. The highest BCUT2D eigenvalue weighted by atomic mass is 79.9. The van der Waals surface area contributed by atoms with E-state index in [1.807, 2.05) is 24.7 Å². The van der Waals surface area contributed by atoms with Crippen LogP contribution in [-0.4, -0.2) is 16.8 Å². The minimum atomic E-state index is -0.209. The Balaban J connectivity index is 2.41. The highest BCUT2D eigenvalue weighted by molar-refractivity contribution is 9.10. The lowest BCUT2D eigenvalue weighted by Crippen LogP contribution is -2.22. The molecule has 1 atom stereocenters. The van der Waals surface area contributed by atoms with Gasteiger partial charge in [0.25, 0.3) is 0 Å². The van der Waals surface area contributed by atoms with Gasteiger partial charge in [-0.05, 0) is 49.0 Å². The zero-order valence-electron chi connectivity index (χ0n) is 12.3. The van der Waals surface area contributed by atoms with Gasteiger partial charge in [-0.1, -0.05) is 22.0 Å². The highest BCUT2D eigenvalue weighted by Crippen LogP contribution is 2.31. The summed E-state index contributed by atoms with van der Waals surface area (Å²) in [5, 5.41) is 7.70. The lowest BCUT2D eigenvalue weighted by molar-refractivity contribution is 0.507. The fourth-order valence-electron chi connectivity index (χ4n) is 2.45. The van der Waals surface area contributed by atoms with Gasteiger partial charge in [0.15, 0.2) is 0 Å². The molecule has 21 heavy (non-hydrogen) atoms. The van der Waals surface area contributed by atoms with E-state index in [9.17, 15) is 4.39 Å². The topological polar surface area (TPSA) is 29.9 Å². The van der Waals surface area contributed by atoms with Crippen LogP contribution in [0.1, 0.15) is 29.9 Å². The summed E-state index contributed by atoms with van der Waals surface area (Å²) < 4.78 is 17.9. The van der Waals surface area contributed by atoms with E-state index in [1.165, 1.54) is 6.07 Å². The summed E-state index contributed by atoms with van der Waals surface area (Å²) in [7, 11) is 1.84. The zero-order chi connectivity index (χ0) is 15.6. The minimum Gasteiger partial charge on any atom is -0.313 e. The Labute approximate surface area is 141 Å². The third kappa shape index (κ3) is 3.38. The summed E-state index contributed by atoms with van der Waals surface area (Å²) in [6, 6.07) is 4.92. The van der Waals surface area contributed by atoms with Gasteiger partial charge in [0.05, 0.1) is 15.9 Å². The molecule has 0 aliphatic rings. The van der Waals surface area contributed by atoms with Crippen LogP contribution in [0.4, 0.5) is 4.39 Å². The van der Waals surface area contributed by atoms with Gasteiger partial charge in [0.1, 0.15) is 5.82 Å². The van der Waals surface area contributed by atoms with Crippen molar-refractivity contribution in [1.29, 1.82) is 0 Å². The molecule has 1 aromatic carbocycles. The normalized spacial score (nSPS) is 12.7. The summed E-state index contributed by atoms with van der Waals surface area (Å²) in [5.74, 6) is -0.209. The Kier molecular flexibility index (Phi) is 5.57. The third-order valence-electron chi connectivity index (χ3n) is 3.55. The molecule has 0 amide bonds. The standard InChI is InChI=1S/C15H18Br2FN3/c1-4-21-13(15(17)9(2)20-21)8-12(19-3)14-10(16)6-5-7-11(14)18/h5-7,12,19H,4,8H2,1-3H3. The predicted molar refractivity (Wildman–Crippen MR) is 89.9 cm³/mol. The van der Waals surface area contributed by atoms with Crippen LogP contribution in [0.5, 0.6) is 0 Å². The van der Waals surface area contributed by atoms with Crippen molar-refractivity contribution < 1.29 is 4.39 Å². The molecule has 1 N–H and O–H groups in total. The van der Waals surface area contributed by atoms with Crippen molar-refractivity contribution in [2.75, 3.05) is 7.05 Å². The van der Waals surface area contributed by atoms with E-state index < -0.39 is 0 Å². The van der Waals surface area contributed by atoms with Crippen LogP contribution < -0.4 is 5.32 Å². The Bertz CT molecular complexity index is 620. The van der Waals surface area contributed by atoms with Crippen molar-refractivity contribution in [3.8, 4) is 0 Å². The first-order chi connectivity index (χ1) is 9.99. The Hall–Kier alpha value is -0.720. The van der Waals surface area contributed by atoms with E-state index in [-0.39, 0.29) is 11.9 Å². The van der Waals surface area contributed by atoms with Crippen LogP contribution in [0.15, 0.2) is 27.1 Å². The molecule has 0 bridgehead atoms. The summed E-state index contributed by atoms with van der Waals surface area (Å²) >= 11 is 7.04. The highest BCUT2D eigenvalue weighted by Gasteiger charge is 2.22. The molecule has 1 unspecified atom stereocenters. The van der Waals surface area contributed by atoms with Gasteiger partial charge in [0.2, 0.25) is 0 Å². The maximum atomic E-state index is 14.2. The van der Waals surface area contributed by atoms with Crippen molar-refractivity contribution in [3.05, 3.63) is 49.9 Å². The second-order valence-electron chi connectivity index (χ2n) is 4.84. The summed E-state index contributed by atoms with van der Waals surface area (Å²) in [5.41, 5.74) is 2.67. The molecule has 114 valence electrons. The molecule has 2 rings (SSSR count). The fraction of sp³-hybridized carbons (Fsp3) is 0.400. The SMILES string of the molecule is CCn1nc(C)c(Br)c1CC(NC)c1c(F)cccc1Br. The molecule has 0 radical (unpaired) electrons. The maximum absolute atomic E-state index is 14.2. The lowest BCUT2D eigenvalue weighted by Gasteiger charge is -2.19. The van der Waals surface area contributed by atoms with Crippen molar-refractivity contribution in [2.45, 2.75) is 32.9 Å². The van der Waals surface area contributed by atoms with E-state index in [2.05, 4.69) is 49.2 Å². The van der Waals surface area contributed by atoms with Gasteiger partial charge in [0, 0.05) is 29.0 Å². The number of nitrogens with zero attached hydrogens (tertiary/aromatic N) is 2. The number of nitrogens with one attached hydrogen (secondary N) is 1. The molecule has 0 spiro atoms. The first-order valence-electron chi connectivity index (χ1n) is 6.82. The second-order valence-corrected chi connectivity index (χ2v) is 6.49. The average Bonchev–Trinajstić information content (AvgIpc) is 2.73. The number of benzene rings is 1. The molecule has 0 fully saturated rings. The first-order valence-corrected chi connectivity index (χ1v) is 8.41. The molecular weight excluding hydrogens is 401 g/mol. The summed E-state index contributed by atoms with van der Waals surface area (Å²) in [6.07, 6.45) is 0.658. The van der Waals surface area contributed by atoms with Gasteiger partial charge in [-0.3, -0.25) is 4.68 Å². The smallest absolute Gasteiger partial charge is 0.129 e. The van der Waals surface area contributed by atoms with Crippen LogP contribution in [-0.2, 0) is 13.0 Å². The largest absolute Gasteiger partial charge is 0.313 e. The number of aromatic nitrogens is 2. The molecule has 0 aliphatic heterocycles. The van der Waals surface area contributed by atoms with Crippen LogP contribution in [0.25, 0.3) is 0 Å². The van der Waals surface area contributed by atoms with Gasteiger partial charge >= 0.3 is 0 Å². The van der Waals surface area contributed by atoms with Crippen molar-refractivity contribution >= 4 is 31.9 Å². The van der Waals surface area contributed by atoms with Crippen molar-refractivity contribution in [3.63, 3.8) is 0 Å². The molecular formula is C15H18Br2FN3. The molecule has 0 aliphatic carbocycles. The molecule has 1 aromatic heterocycles. The van der Waals surface area contributed by atoms with Gasteiger partial charge in [-0.15, -0.1) is 0 Å². The van der Waals surface area contributed by atoms with E-state index in [0.29, 0.717) is 12.0 Å². The molecule has 6 heteroatoms. The van der Waals surface area contributed by atoms with Gasteiger partial charge < -0.3 is 5.32 Å². The Morgan fingerprint density at radius 2 is 2.10 bits per heavy atom. The van der Waals surface area contributed by atoms with Crippen LogP contribution in [0.2, 0.25) is 0 Å². The predicted octanol–water partition coefficient (Wildman–Crippen LogP) is 4.38. The first kappa shape index (κ1) is 16.6. The molecule has 0 saturated carbocycles.